The first-order valence-corrected chi connectivity index (χ1v) is 6.32. The first kappa shape index (κ1) is 12.8. The lowest BCUT2D eigenvalue weighted by Crippen LogP contribution is -2.21. The first-order valence-electron chi connectivity index (χ1n) is 6.32. The van der Waals surface area contributed by atoms with Gasteiger partial charge in [-0.2, -0.15) is 0 Å². The van der Waals surface area contributed by atoms with Gasteiger partial charge in [0, 0.05) is 44.3 Å². The molecule has 1 unspecified atom stereocenters. The molecule has 0 amide bonds. The van der Waals surface area contributed by atoms with Crippen LogP contribution < -0.4 is 5.32 Å². The summed E-state index contributed by atoms with van der Waals surface area (Å²) >= 11 is 0. The van der Waals surface area contributed by atoms with Crippen LogP contribution in [-0.2, 0) is 19.9 Å². The van der Waals surface area contributed by atoms with Gasteiger partial charge in [0.1, 0.15) is 5.82 Å². The van der Waals surface area contributed by atoms with Crippen LogP contribution in [0.1, 0.15) is 29.9 Å². The molecule has 1 atom stereocenters. The van der Waals surface area contributed by atoms with Gasteiger partial charge < -0.3 is 9.88 Å². The largest absolute Gasteiger partial charge is 0.338 e. The third kappa shape index (κ3) is 2.59. The van der Waals surface area contributed by atoms with Crippen LogP contribution in [0.15, 0.2) is 30.9 Å². The number of nitrogens with zero attached hydrogens (tertiary/aromatic N) is 3. The second-order valence-corrected chi connectivity index (χ2v) is 4.43. The third-order valence-corrected chi connectivity index (χ3v) is 3.35. The smallest absolute Gasteiger partial charge is 0.110 e. The maximum Gasteiger partial charge on any atom is 0.110 e. The Balaban J connectivity index is 2.25. The third-order valence-electron chi connectivity index (χ3n) is 3.35. The van der Waals surface area contributed by atoms with E-state index in [0.717, 1.165) is 18.7 Å². The van der Waals surface area contributed by atoms with Gasteiger partial charge in [-0.3, -0.25) is 4.98 Å². The fraction of sp³-hybridized carbons (Fsp3) is 0.429. The summed E-state index contributed by atoms with van der Waals surface area (Å²) < 4.78 is 2.07. The molecular formula is C14H20N4. The average molecular weight is 244 g/mol. The molecule has 0 aromatic carbocycles. The number of imidazole rings is 1. The van der Waals surface area contributed by atoms with Gasteiger partial charge in [0.2, 0.25) is 0 Å². The van der Waals surface area contributed by atoms with Crippen LogP contribution >= 0.6 is 0 Å². The number of hydrogen-bond acceptors (Lipinski definition) is 3. The molecule has 0 aliphatic heterocycles. The normalized spacial score (nSPS) is 12.6. The van der Waals surface area contributed by atoms with Crippen molar-refractivity contribution in [3.8, 4) is 0 Å². The Bertz CT molecular complexity index is 504. The minimum absolute atomic E-state index is 0.282. The highest BCUT2D eigenvalue weighted by molar-refractivity contribution is 5.27. The number of nitrogens with one attached hydrogen (secondary N) is 1. The summed E-state index contributed by atoms with van der Waals surface area (Å²) in [5.74, 6) is 1.09. The molecule has 2 heterocycles. The quantitative estimate of drug-likeness (QED) is 0.873. The van der Waals surface area contributed by atoms with E-state index in [9.17, 15) is 0 Å². The fourth-order valence-corrected chi connectivity index (χ4v) is 2.22. The number of pyridine rings is 1. The van der Waals surface area contributed by atoms with E-state index >= 15 is 0 Å². The zero-order valence-electron chi connectivity index (χ0n) is 11.2. The van der Waals surface area contributed by atoms with Gasteiger partial charge in [0.05, 0.1) is 0 Å². The lowest BCUT2D eigenvalue weighted by molar-refractivity contribution is 0.558. The monoisotopic (exact) mass is 244 g/mol. The second-order valence-electron chi connectivity index (χ2n) is 4.43. The molecule has 0 bridgehead atoms. The summed E-state index contributed by atoms with van der Waals surface area (Å²) in [7, 11) is 4.02. The summed E-state index contributed by atoms with van der Waals surface area (Å²) in [6.07, 6.45) is 9.53. The minimum atomic E-state index is 0.282. The summed E-state index contributed by atoms with van der Waals surface area (Å²) in [6.45, 7) is 2.16. The predicted molar refractivity (Wildman–Crippen MR) is 72.3 cm³/mol. The molecule has 2 aromatic heterocycles. The maximum absolute atomic E-state index is 4.39. The predicted octanol–water partition coefficient (Wildman–Crippen LogP) is 1.88. The lowest BCUT2D eigenvalue weighted by atomic mass is 9.98. The Labute approximate surface area is 108 Å². The Morgan fingerprint density at radius 3 is 2.83 bits per heavy atom. The first-order chi connectivity index (χ1) is 8.76. The van der Waals surface area contributed by atoms with Gasteiger partial charge >= 0.3 is 0 Å². The molecule has 18 heavy (non-hydrogen) atoms. The van der Waals surface area contributed by atoms with Crippen molar-refractivity contribution in [2.75, 3.05) is 7.05 Å². The average Bonchev–Trinajstić information content (AvgIpc) is 2.81. The zero-order valence-corrected chi connectivity index (χ0v) is 11.2. The number of aryl methyl sites for hydroxylation is 2. The van der Waals surface area contributed by atoms with E-state index in [1.165, 1.54) is 11.1 Å². The molecule has 0 spiro atoms. The molecule has 2 rings (SSSR count). The van der Waals surface area contributed by atoms with Crippen molar-refractivity contribution in [2.24, 2.45) is 7.05 Å². The van der Waals surface area contributed by atoms with E-state index < -0.39 is 0 Å². The van der Waals surface area contributed by atoms with E-state index in [1.807, 2.05) is 38.9 Å². The topological polar surface area (TPSA) is 42.7 Å². The van der Waals surface area contributed by atoms with Crippen molar-refractivity contribution < 1.29 is 0 Å². The van der Waals surface area contributed by atoms with Gasteiger partial charge in [-0.1, -0.05) is 6.92 Å². The lowest BCUT2D eigenvalue weighted by Gasteiger charge is -2.19. The molecule has 0 saturated heterocycles. The van der Waals surface area contributed by atoms with Gasteiger partial charge in [0.15, 0.2) is 0 Å². The van der Waals surface area contributed by atoms with Crippen LogP contribution in [0.3, 0.4) is 0 Å². The van der Waals surface area contributed by atoms with Crippen LogP contribution in [0.5, 0.6) is 0 Å². The van der Waals surface area contributed by atoms with Crippen LogP contribution in [-0.4, -0.2) is 21.6 Å². The molecule has 0 aliphatic carbocycles. The van der Waals surface area contributed by atoms with E-state index in [2.05, 4.69) is 32.8 Å². The summed E-state index contributed by atoms with van der Waals surface area (Å²) in [5, 5.41) is 3.38. The Morgan fingerprint density at radius 1 is 1.39 bits per heavy atom. The van der Waals surface area contributed by atoms with Gasteiger partial charge in [0.25, 0.3) is 0 Å². The summed E-state index contributed by atoms with van der Waals surface area (Å²) in [5.41, 5.74) is 2.61. The van der Waals surface area contributed by atoms with E-state index in [-0.39, 0.29) is 6.04 Å². The highest BCUT2D eigenvalue weighted by Crippen LogP contribution is 2.20. The minimum Gasteiger partial charge on any atom is -0.338 e. The van der Waals surface area contributed by atoms with Gasteiger partial charge in [-0.05, 0) is 30.7 Å². The van der Waals surface area contributed by atoms with Gasteiger partial charge in [-0.15, -0.1) is 0 Å². The van der Waals surface area contributed by atoms with Crippen molar-refractivity contribution in [1.29, 1.82) is 0 Å². The molecule has 0 aliphatic rings. The Morgan fingerprint density at radius 2 is 2.22 bits per heavy atom. The standard InChI is InChI=1S/C14H20N4/c1-4-11-10-16-6-5-12(11)13(15-2)9-14-17-7-8-18(14)3/h5-8,10,13,15H,4,9H2,1-3H3. The molecule has 0 saturated carbocycles. The number of rotatable bonds is 5. The fourth-order valence-electron chi connectivity index (χ4n) is 2.22. The Kier molecular flexibility index (Phi) is 4.10. The van der Waals surface area contributed by atoms with Crippen LogP contribution in [0.4, 0.5) is 0 Å². The van der Waals surface area contributed by atoms with Crippen molar-refractivity contribution in [2.45, 2.75) is 25.8 Å². The molecule has 2 aromatic rings. The van der Waals surface area contributed by atoms with Crippen molar-refractivity contribution in [3.05, 3.63) is 47.8 Å². The highest BCUT2D eigenvalue weighted by atomic mass is 15.0. The van der Waals surface area contributed by atoms with Crippen LogP contribution in [0.25, 0.3) is 0 Å². The van der Waals surface area contributed by atoms with E-state index in [1.54, 1.807) is 0 Å². The molecule has 96 valence electrons. The molecule has 4 nitrogen and oxygen atoms in total. The number of aromatic nitrogens is 3. The van der Waals surface area contributed by atoms with Crippen molar-refractivity contribution in [3.63, 3.8) is 0 Å². The summed E-state index contributed by atoms with van der Waals surface area (Å²) in [6, 6.07) is 2.38. The van der Waals surface area contributed by atoms with Crippen molar-refractivity contribution >= 4 is 0 Å². The van der Waals surface area contributed by atoms with E-state index in [0.29, 0.717) is 0 Å². The maximum atomic E-state index is 4.39. The molecule has 0 radical (unpaired) electrons. The highest BCUT2D eigenvalue weighted by Gasteiger charge is 2.15. The van der Waals surface area contributed by atoms with Crippen LogP contribution in [0, 0.1) is 0 Å². The van der Waals surface area contributed by atoms with E-state index in [4.69, 9.17) is 0 Å². The number of hydrogen-bond donors (Lipinski definition) is 1. The molecular weight excluding hydrogens is 224 g/mol. The van der Waals surface area contributed by atoms with Crippen LogP contribution in [0.2, 0.25) is 0 Å². The summed E-state index contributed by atoms with van der Waals surface area (Å²) in [4.78, 5) is 8.59. The second kappa shape index (κ2) is 5.78. The molecule has 0 fully saturated rings. The Hall–Kier alpha value is -1.68. The molecule has 4 heteroatoms. The van der Waals surface area contributed by atoms with Crippen molar-refractivity contribution in [1.82, 2.24) is 19.9 Å². The zero-order chi connectivity index (χ0) is 13.0. The SMILES string of the molecule is CCc1cnccc1C(Cc1nccn1C)NC. The molecule has 1 N–H and O–H groups in total. The van der Waals surface area contributed by atoms with Gasteiger partial charge in [-0.25, -0.2) is 4.98 Å². The number of likely N-dealkylation sites (N-methyl/N-ethyl adjacent to an activating group) is 1.